The number of anilines is 1. The highest BCUT2D eigenvalue weighted by Crippen LogP contribution is 2.18. The second kappa shape index (κ2) is 5.99. The minimum absolute atomic E-state index is 0.0257. The van der Waals surface area contributed by atoms with Crippen molar-refractivity contribution in [2.24, 2.45) is 5.73 Å². The zero-order valence-corrected chi connectivity index (χ0v) is 12.8. The Kier molecular flexibility index (Phi) is 4.31. The lowest BCUT2D eigenvalue weighted by molar-refractivity contribution is -0.117. The molecule has 0 radical (unpaired) electrons. The van der Waals surface area contributed by atoms with E-state index < -0.39 is 0 Å². The Bertz CT molecular complexity index is 625. The van der Waals surface area contributed by atoms with Crippen LogP contribution in [0.5, 0.6) is 0 Å². The Morgan fingerprint density at radius 3 is 2.67 bits per heavy atom. The second-order valence-electron chi connectivity index (χ2n) is 6.12. The van der Waals surface area contributed by atoms with Crippen LogP contribution in [0, 0.1) is 0 Å². The van der Waals surface area contributed by atoms with Gasteiger partial charge in [-0.25, -0.2) is 0 Å². The number of nitrogens with two attached hydrogens (primary N) is 1. The molecule has 1 aromatic heterocycles. The van der Waals surface area contributed by atoms with Gasteiger partial charge in [-0.2, -0.15) is 5.10 Å². The molecule has 1 heterocycles. The molecule has 1 aromatic carbocycles. The average molecular weight is 286 g/mol. The van der Waals surface area contributed by atoms with Crippen molar-refractivity contribution in [1.82, 2.24) is 9.78 Å². The van der Waals surface area contributed by atoms with Gasteiger partial charge in [0.25, 0.3) is 0 Å². The van der Waals surface area contributed by atoms with Crippen molar-refractivity contribution in [2.45, 2.75) is 39.3 Å². The normalized spacial score (nSPS) is 11.4. The van der Waals surface area contributed by atoms with E-state index in [2.05, 4.69) is 31.2 Å². The lowest BCUT2D eigenvalue weighted by Crippen LogP contribution is -2.22. The first-order valence-corrected chi connectivity index (χ1v) is 7.00. The van der Waals surface area contributed by atoms with Gasteiger partial charge in [-0.3, -0.25) is 9.48 Å². The number of nitrogens with one attached hydrogen (secondary N) is 1. The number of hydrogen-bond acceptors (Lipinski definition) is 3. The first-order valence-electron chi connectivity index (χ1n) is 7.00. The van der Waals surface area contributed by atoms with E-state index in [1.807, 2.05) is 41.3 Å². The third kappa shape index (κ3) is 4.08. The molecule has 0 spiro atoms. The van der Waals surface area contributed by atoms with Crippen molar-refractivity contribution in [3.63, 3.8) is 0 Å². The van der Waals surface area contributed by atoms with E-state index in [0.717, 1.165) is 16.8 Å². The maximum Gasteiger partial charge on any atom is 0.221 e. The highest BCUT2D eigenvalue weighted by Gasteiger charge is 2.14. The first kappa shape index (κ1) is 15.1. The Morgan fingerprint density at radius 2 is 2.05 bits per heavy atom. The molecule has 3 N–H and O–H groups in total. The molecule has 0 aliphatic carbocycles. The van der Waals surface area contributed by atoms with E-state index in [4.69, 9.17) is 5.73 Å². The van der Waals surface area contributed by atoms with Gasteiger partial charge in [0.2, 0.25) is 5.91 Å². The summed E-state index contributed by atoms with van der Waals surface area (Å²) in [4.78, 5) is 11.1. The number of rotatable bonds is 5. The molecule has 112 valence electrons. The summed E-state index contributed by atoms with van der Waals surface area (Å²) in [6, 6.07) is 7.70. The van der Waals surface area contributed by atoms with Gasteiger partial charge in [-0.1, -0.05) is 18.2 Å². The van der Waals surface area contributed by atoms with Crippen LogP contribution in [0.1, 0.15) is 31.9 Å². The molecule has 0 bridgehead atoms. The fourth-order valence-corrected chi connectivity index (χ4v) is 2.05. The number of aromatic nitrogens is 2. The van der Waals surface area contributed by atoms with Gasteiger partial charge in [0.1, 0.15) is 0 Å². The van der Waals surface area contributed by atoms with E-state index in [9.17, 15) is 4.79 Å². The molecule has 0 saturated heterocycles. The van der Waals surface area contributed by atoms with E-state index in [-0.39, 0.29) is 17.9 Å². The Balaban J connectivity index is 2.06. The summed E-state index contributed by atoms with van der Waals surface area (Å²) < 4.78 is 1.94. The molecule has 0 saturated carbocycles. The Hall–Kier alpha value is -2.30. The van der Waals surface area contributed by atoms with E-state index in [0.29, 0.717) is 6.54 Å². The third-order valence-electron chi connectivity index (χ3n) is 3.19. The molecule has 1 amide bonds. The largest absolute Gasteiger partial charge is 0.381 e. The van der Waals surface area contributed by atoms with E-state index in [1.54, 1.807) is 0 Å². The van der Waals surface area contributed by atoms with Crippen LogP contribution < -0.4 is 11.1 Å². The Morgan fingerprint density at radius 1 is 1.33 bits per heavy atom. The second-order valence-corrected chi connectivity index (χ2v) is 6.12. The monoisotopic (exact) mass is 286 g/mol. The molecule has 0 aliphatic rings. The quantitative estimate of drug-likeness (QED) is 0.885. The summed E-state index contributed by atoms with van der Waals surface area (Å²) in [7, 11) is 0. The lowest BCUT2D eigenvalue weighted by atomic mass is 10.1. The summed E-state index contributed by atoms with van der Waals surface area (Å²) >= 11 is 0. The molecule has 0 atom stereocenters. The van der Waals surface area contributed by atoms with Crippen molar-refractivity contribution >= 4 is 11.6 Å². The minimum atomic E-state index is -0.329. The topological polar surface area (TPSA) is 72.9 Å². The van der Waals surface area contributed by atoms with E-state index >= 15 is 0 Å². The lowest BCUT2D eigenvalue weighted by Gasteiger charge is -2.18. The fraction of sp³-hybridized carbons (Fsp3) is 0.375. The molecular formula is C16H22N4O. The number of nitrogens with zero attached hydrogens (tertiary/aromatic N) is 2. The molecule has 0 unspecified atom stereocenters. The first-order chi connectivity index (χ1) is 9.86. The van der Waals surface area contributed by atoms with Crippen LogP contribution in [0.15, 0.2) is 36.7 Å². The van der Waals surface area contributed by atoms with Crippen LogP contribution in [0.2, 0.25) is 0 Å². The van der Waals surface area contributed by atoms with Gasteiger partial charge in [0, 0.05) is 24.0 Å². The van der Waals surface area contributed by atoms with Crippen LogP contribution >= 0.6 is 0 Å². The molecule has 21 heavy (non-hydrogen) atoms. The number of primary amides is 1. The number of carbonyl (C=O) groups excluding carboxylic acids is 1. The summed E-state index contributed by atoms with van der Waals surface area (Å²) in [6.07, 6.45) is 4.13. The number of hydrogen-bond donors (Lipinski definition) is 2. The summed E-state index contributed by atoms with van der Waals surface area (Å²) in [5, 5.41) is 7.71. The molecule has 0 fully saturated rings. The number of carbonyl (C=O) groups is 1. The van der Waals surface area contributed by atoms with Gasteiger partial charge in [0.05, 0.1) is 18.2 Å². The predicted octanol–water partition coefficient (Wildman–Crippen LogP) is 2.28. The highest BCUT2D eigenvalue weighted by molar-refractivity contribution is 5.78. The van der Waals surface area contributed by atoms with Crippen molar-refractivity contribution in [1.29, 1.82) is 0 Å². The van der Waals surface area contributed by atoms with Crippen LogP contribution in [0.3, 0.4) is 0 Å². The molecule has 2 rings (SSSR count). The SMILES string of the molecule is CC(C)(C)n1cc(CNc2ccccc2CC(N)=O)cn1. The standard InChI is InChI=1S/C16H22N4O/c1-16(2,3)20-11-12(10-19-20)9-18-14-7-5-4-6-13(14)8-15(17)21/h4-7,10-11,18H,8-9H2,1-3H3,(H2,17,21). The van der Waals surface area contributed by atoms with Crippen LogP contribution in [0.25, 0.3) is 0 Å². The minimum Gasteiger partial charge on any atom is -0.381 e. The molecule has 5 nitrogen and oxygen atoms in total. The van der Waals surface area contributed by atoms with Crippen molar-refractivity contribution < 1.29 is 4.79 Å². The zero-order valence-electron chi connectivity index (χ0n) is 12.8. The number of benzene rings is 1. The zero-order chi connectivity index (χ0) is 15.5. The van der Waals surface area contributed by atoms with Gasteiger partial charge < -0.3 is 11.1 Å². The van der Waals surface area contributed by atoms with Gasteiger partial charge in [0.15, 0.2) is 0 Å². The molecule has 5 heteroatoms. The van der Waals surface area contributed by atoms with Crippen LogP contribution in [-0.4, -0.2) is 15.7 Å². The smallest absolute Gasteiger partial charge is 0.221 e. The number of amides is 1. The average Bonchev–Trinajstić information content (AvgIpc) is 2.86. The van der Waals surface area contributed by atoms with Gasteiger partial charge >= 0.3 is 0 Å². The summed E-state index contributed by atoms with van der Waals surface area (Å²) in [5.41, 5.74) is 8.18. The van der Waals surface area contributed by atoms with Crippen molar-refractivity contribution in [2.75, 3.05) is 5.32 Å². The summed E-state index contributed by atoms with van der Waals surface area (Å²) in [5.74, 6) is -0.329. The third-order valence-corrected chi connectivity index (χ3v) is 3.19. The van der Waals surface area contributed by atoms with Gasteiger partial charge in [-0.15, -0.1) is 0 Å². The highest BCUT2D eigenvalue weighted by atomic mass is 16.1. The molecule has 0 aliphatic heterocycles. The summed E-state index contributed by atoms with van der Waals surface area (Å²) in [6.45, 7) is 6.99. The predicted molar refractivity (Wildman–Crippen MR) is 83.9 cm³/mol. The van der Waals surface area contributed by atoms with Gasteiger partial charge in [-0.05, 0) is 32.4 Å². The number of para-hydroxylation sites is 1. The van der Waals surface area contributed by atoms with E-state index in [1.165, 1.54) is 0 Å². The molecular weight excluding hydrogens is 264 g/mol. The fourth-order valence-electron chi connectivity index (χ4n) is 2.05. The van der Waals surface area contributed by atoms with Crippen molar-refractivity contribution in [3.05, 3.63) is 47.8 Å². The Labute approximate surface area is 125 Å². The van der Waals surface area contributed by atoms with Crippen molar-refractivity contribution in [3.8, 4) is 0 Å². The maximum absolute atomic E-state index is 11.1. The maximum atomic E-state index is 11.1. The van der Waals surface area contributed by atoms with Crippen LogP contribution in [-0.2, 0) is 23.3 Å². The van der Waals surface area contributed by atoms with Crippen LogP contribution in [0.4, 0.5) is 5.69 Å². The molecule has 2 aromatic rings.